The topological polar surface area (TPSA) is 75.1 Å². The van der Waals surface area contributed by atoms with Gasteiger partial charge in [-0.25, -0.2) is 14.8 Å². The smallest absolute Gasteiger partial charge is 0.354 e. The third kappa shape index (κ3) is 3.11. The summed E-state index contributed by atoms with van der Waals surface area (Å²) in [7, 11) is 0. The highest BCUT2D eigenvalue weighted by Crippen LogP contribution is 2.18. The van der Waals surface area contributed by atoms with Crippen molar-refractivity contribution in [1.82, 2.24) is 15.3 Å². The van der Waals surface area contributed by atoms with E-state index in [9.17, 15) is 9.90 Å². The second kappa shape index (κ2) is 5.91. The highest BCUT2D eigenvalue weighted by atomic mass is 79.9. The van der Waals surface area contributed by atoms with E-state index in [1.165, 1.54) is 0 Å². The molecule has 0 radical (unpaired) electrons. The average Bonchev–Trinajstić information content (AvgIpc) is 2.48. The fourth-order valence-corrected chi connectivity index (χ4v) is 2.72. The van der Waals surface area contributed by atoms with E-state index in [0.29, 0.717) is 25.2 Å². The molecule has 108 valence electrons. The molecule has 0 aliphatic carbocycles. The van der Waals surface area contributed by atoms with Crippen LogP contribution in [0.5, 0.6) is 0 Å². The molecule has 2 N–H and O–H groups in total. The maximum atomic E-state index is 11.4. The molecule has 0 amide bonds. The Labute approximate surface area is 130 Å². The summed E-state index contributed by atoms with van der Waals surface area (Å²) in [6.45, 7) is 1.37. The number of hydrogen-bond donors (Lipinski definition) is 2. The van der Waals surface area contributed by atoms with Crippen LogP contribution in [0.1, 0.15) is 33.1 Å². The van der Waals surface area contributed by atoms with Crippen molar-refractivity contribution in [2.75, 3.05) is 6.54 Å². The minimum atomic E-state index is -0.979. The van der Waals surface area contributed by atoms with E-state index >= 15 is 0 Å². The lowest BCUT2D eigenvalue weighted by Crippen LogP contribution is -2.28. The van der Waals surface area contributed by atoms with Crippen molar-refractivity contribution in [3.05, 3.63) is 57.1 Å². The van der Waals surface area contributed by atoms with Crippen molar-refractivity contribution in [2.24, 2.45) is 0 Å². The number of nitrogens with zero attached hydrogens (tertiary/aromatic N) is 2. The number of fused-ring (bicyclic) bond motifs is 1. The Hall–Kier alpha value is -1.79. The molecule has 0 unspecified atom stereocenters. The molecule has 5 nitrogen and oxygen atoms in total. The van der Waals surface area contributed by atoms with Gasteiger partial charge in [-0.3, -0.25) is 0 Å². The molecule has 1 aromatic heterocycles. The molecule has 0 spiro atoms. The molecule has 0 atom stereocenters. The Kier molecular flexibility index (Phi) is 3.98. The van der Waals surface area contributed by atoms with Crippen LogP contribution in [0, 0.1) is 0 Å². The zero-order chi connectivity index (χ0) is 14.8. The second-order valence-corrected chi connectivity index (χ2v) is 5.86. The minimum Gasteiger partial charge on any atom is -0.477 e. The van der Waals surface area contributed by atoms with Crippen molar-refractivity contribution >= 4 is 21.9 Å². The van der Waals surface area contributed by atoms with E-state index in [-0.39, 0.29) is 5.69 Å². The number of benzene rings is 1. The van der Waals surface area contributed by atoms with Gasteiger partial charge in [0.25, 0.3) is 0 Å². The molecular weight excluding hydrogens is 334 g/mol. The largest absolute Gasteiger partial charge is 0.477 e. The van der Waals surface area contributed by atoms with Gasteiger partial charge in [0.2, 0.25) is 0 Å². The first kappa shape index (κ1) is 14.2. The SMILES string of the molecule is O=C(O)c1nc(Cc2ccc(Br)cc2)nc2c1CCNC2. The summed E-state index contributed by atoms with van der Waals surface area (Å²) in [4.78, 5) is 20.2. The van der Waals surface area contributed by atoms with Gasteiger partial charge in [-0.15, -0.1) is 0 Å². The molecule has 21 heavy (non-hydrogen) atoms. The average molecular weight is 348 g/mol. The first-order valence-corrected chi connectivity index (χ1v) is 7.50. The number of carboxylic acids is 1. The van der Waals surface area contributed by atoms with Gasteiger partial charge in [0.1, 0.15) is 5.82 Å². The van der Waals surface area contributed by atoms with Crippen molar-refractivity contribution in [3.8, 4) is 0 Å². The van der Waals surface area contributed by atoms with E-state index in [0.717, 1.165) is 27.8 Å². The number of aromatic carboxylic acids is 1. The monoisotopic (exact) mass is 347 g/mol. The van der Waals surface area contributed by atoms with E-state index in [1.807, 2.05) is 24.3 Å². The molecule has 0 saturated carbocycles. The molecule has 0 saturated heterocycles. The molecule has 2 heterocycles. The first-order chi connectivity index (χ1) is 10.1. The Morgan fingerprint density at radius 1 is 1.29 bits per heavy atom. The quantitative estimate of drug-likeness (QED) is 0.889. The molecule has 0 fully saturated rings. The Morgan fingerprint density at radius 2 is 2.05 bits per heavy atom. The summed E-state index contributed by atoms with van der Waals surface area (Å²) in [6.07, 6.45) is 1.19. The summed E-state index contributed by atoms with van der Waals surface area (Å²) in [5.41, 5.74) is 2.77. The highest BCUT2D eigenvalue weighted by Gasteiger charge is 2.21. The van der Waals surface area contributed by atoms with Gasteiger partial charge in [0.15, 0.2) is 5.69 Å². The third-order valence-corrected chi connectivity index (χ3v) is 3.99. The van der Waals surface area contributed by atoms with Crippen molar-refractivity contribution < 1.29 is 9.90 Å². The summed E-state index contributed by atoms with van der Waals surface area (Å²) in [6, 6.07) is 7.86. The van der Waals surface area contributed by atoms with Gasteiger partial charge in [-0.1, -0.05) is 28.1 Å². The van der Waals surface area contributed by atoms with Crippen LogP contribution in [0.4, 0.5) is 0 Å². The molecule has 6 heteroatoms. The number of rotatable bonds is 3. The van der Waals surface area contributed by atoms with Gasteiger partial charge in [-0.05, 0) is 30.7 Å². The molecule has 1 aliphatic rings. The number of carbonyl (C=O) groups is 1. The Bertz CT molecular complexity index is 686. The summed E-state index contributed by atoms with van der Waals surface area (Å²) in [5.74, 6) is -0.426. The van der Waals surface area contributed by atoms with Crippen LogP contribution < -0.4 is 5.32 Å². The van der Waals surface area contributed by atoms with Gasteiger partial charge in [-0.2, -0.15) is 0 Å². The van der Waals surface area contributed by atoms with Crippen molar-refractivity contribution in [3.63, 3.8) is 0 Å². The zero-order valence-electron chi connectivity index (χ0n) is 11.3. The Balaban J connectivity index is 1.97. The van der Waals surface area contributed by atoms with Crippen LogP contribution in [0.25, 0.3) is 0 Å². The van der Waals surface area contributed by atoms with Crippen molar-refractivity contribution in [2.45, 2.75) is 19.4 Å². The van der Waals surface area contributed by atoms with Gasteiger partial charge in [0, 0.05) is 23.0 Å². The predicted octanol–water partition coefficient (Wildman–Crippen LogP) is 2.17. The van der Waals surface area contributed by atoms with Gasteiger partial charge < -0.3 is 10.4 Å². The number of aromatic nitrogens is 2. The van der Waals surface area contributed by atoms with E-state index in [2.05, 4.69) is 31.2 Å². The van der Waals surface area contributed by atoms with Gasteiger partial charge >= 0.3 is 5.97 Å². The van der Waals surface area contributed by atoms with Crippen LogP contribution in [0.2, 0.25) is 0 Å². The minimum absolute atomic E-state index is 0.147. The molecule has 1 aliphatic heterocycles. The van der Waals surface area contributed by atoms with Crippen molar-refractivity contribution in [1.29, 1.82) is 0 Å². The summed E-state index contributed by atoms with van der Waals surface area (Å²) < 4.78 is 1.01. The van der Waals surface area contributed by atoms with Crippen LogP contribution in [0.3, 0.4) is 0 Å². The van der Waals surface area contributed by atoms with Gasteiger partial charge in [0.05, 0.1) is 5.69 Å². The summed E-state index contributed by atoms with van der Waals surface area (Å²) in [5, 5.41) is 12.6. The normalized spacial score (nSPS) is 13.8. The Morgan fingerprint density at radius 3 is 2.76 bits per heavy atom. The summed E-state index contributed by atoms with van der Waals surface area (Å²) >= 11 is 3.39. The standard InChI is InChI=1S/C15H14BrN3O2/c16-10-3-1-9(2-4-10)7-13-18-12-8-17-6-5-11(12)14(19-13)15(20)21/h1-4,17H,5-8H2,(H,20,21). The molecule has 1 aromatic carbocycles. The molecule has 0 bridgehead atoms. The maximum absolute atomic E-state index is 11.4. The van der Waals surface area contributed by atoms with Crippen LogP contribution in [0.15, 0.2) is 28.7 Å². The first-order valence-electron chi connectivity index (χ1n) is 6.70. The lowest BCUT2D eigenvalue weighted by molar-refractivity contribution is 0.0688. The van der Waals surface area contributed by atoms with E-state index in [4.69, 9.17) is 0 Å². The highest BCUT2D eigenvalue weighted by molar-refractivity contribution is 9.10. The fourth-order valence-electron chi connectivity index (χ4n) is 2.45. The molecular formula is C15H14BrN3O2. The number of hydrogen-bond acceptors (Lipinski definition) is 4. The van der Waals surface area contributed by atoms with Crippen LogP contribution in [-0.2, 0) is 19.4 Å². The predicted molar refractivity (Wildman–Crippen MR) is 81.4 cm³/mol. The maximum Gasteiger partial charge on any atom is 0.354 e. The lowest BCUT2D eigenvalue weighted by Gasteiger charge is -2.18. The zero-order valence-corrected chi connectivity index (χ0v) is 12.9. The van der Waals surface area contributed by atoms with Crippen LogP contribution in [-0.4, -0.2) is 27.6 Å². The van der Waals surface area contributed by atoms with Crippen LogP contribution >= 0.6 is 15.9 Å². The van der Waals surface area contributed by atoms with E-state index in [1.54, 1.807) is 0 Å². The number of halogens is 1. The number of nitrogens with one attached hydrogen (secondary N) is 1. The molecule has 3 rings (SSSR count). The molecule has 2 aromatic rings. The van der Waals surface area contributed by atoms with E-state index < -0.39 is 5.97 Å². The lowest BCUT2D eigenvalue weighted by atomic mass is 10.0. The third-order valence-electron chi connectivity index (χ3n) is 3.46. The second-order valence-electron chi connectivity index (χ2n) is 4.95. The number of carboxylic acid groups (broad SMARTS) is 1. The fraction of sp³-hybridized carbons (Fsp3) is 0.267.